The number of aliphatic hydroxyl groups excluding tert-OH is 6. The number of ketones is 2. The molecule has 2 aliphatic heterocycles. The zero-order valence-corrected chi connectivity index (χ0v) is 58.6. The number of allylic oxidation sites excluding steroid dienone is 2. The monoisotopic (exact) mass is 1400 g/mol. The lowest BCUT2D eigenvalue weighted by Crippen LogP contribution is -2.52. The number of carbonyl (C=O) groups is 2. The van der Waals surface area contributed by atoms with Crippen LogP contribution in [0.25, 0.3) is 98.3 Å². The average molecular weight is 1400 g/mol. The quantitative estimate of drug-likeness (QED) is 0.0154. The minimum absolute atomic E-state index is 0.0127. The van der Waals surface area contributed by atoms with Gasteiger partial charge >= 0.3 is 0 Å². The highest BCUT2D eigenvalue weighted by molar-refractivity contribution is 6.42. The summed E-state index contributed by atoms with van der Waals surface area (Å²) in [4.78, 5) is 83.5. The number of phenols is 2. The summed E-state index contributed by atoms with van der Waals surface area (Å²) >= 11 is 0. The summed E-state index contributed by atoms with van der Waals surface area (Å²) in [5.74, 6) is -3.07. The number of rotatable bonds is 24. The molecule has 2 aliphatic carbocycles. The fourth-order valence-electron chi connectivity index (χ4n) is 17.0. The molecule has 24 heteroatoms. The third kappa shape index (κ3) is 10.9. The van der Waals surface area contributed by atoms with Crippen molar-refractivity contribution in [2.24, 2.45) is 0 Å². The average Bonchev–Trinajstić information content (AvgIpc) is 1.12. The number of carbonyl (C=O) groups excluding carboxylic acids is 2. The Labute approximate surface area is 584 Å². The second-order valence-electron chi connectivity index (χ2n) is 28.1. The number of nitrogens with one attached hydrogen (secondary N) is 4. The number of phenolic OH excluding ortho intramolecular Hbond substituents is 2. The summed E-state index contributed by atoms with van der Waals surface area (Å²) in [5.41, 5.74) is 3.98. The predicted octanol–water partition coefficient (Wildman–Crippen LogP) is 8.17. The summed E-state index contributed by atoms with van der Waals surface area (Å²) in [6.45, 7) is 15.3. The second-order valence-corrected chi connectivity index (χ2v) is 28.1. The third-order valence-corrected chi connectivity index (χ3v) is 21.2. The van der Waals surface area contributed by atoms with E-state index in [1.54, 1.807) is 0 Å². The standard InChI is InChI=1S/2C39H42N2O10/c1-17-12-21-28-31-26(27-20(16-44)14-23(47)30-32(27)33(28)34(25(17)18(2)45)38(49-5)37(30)48)19(15-43)13-22(46)29(31)36-35(21)41-39(3,4)24(40-36)6-8-50-10-11-51-9-7-42;1-17-12-21-28-31-26(27-20(16-44)14-23(47)30-32(27)33(28)34(25(17)18(2)45)38(49-5)37(30)48)19(15-43)13-22(46)29(31)36-35(21)40-24(39(3,4)41-36)6-8-50-10-11-51-9-7-42/h2*12-14,24-25,40-44,48H,6-11,15-16H2,1-5H3. The maximum Gasteiger partial charge on any atom is 0.190 e. The molecule has 4 atom stereocenters. The highest BCUT2D eigenvalue weighted by Crippen LogP contribution is 2.61. The van der Waals surface area contributed by atoms with Crippen molar-refractivity contribution >= 4 is 133 Å². The Morgan fingerprint density at radius 3 is 1.09 bits per heavy atom. The predicted molar refractivity (Wildman–Crippen MR) is 394 cm³/mol. The third-order valence-electron chi connectivity index (χ3n) is 21.2. The van der Waals surface area contributed by atoms with Crippen LogP contribution < -0.4 is 52.5 Å². The van der Waals surface area contributed by atoms with E-state index in [0.29, 0.717) is 195 Å². The molecule has 0 saturated heterocycles. The van der Waals surface area contributed by atoms with Crippen LogP contribution in [0.3, 0.4) is 0 Å². The maximum atomic E-state index is 14.3. The van der Waals surface area contributed by atoms with E-state index in [4.69, 9.17) is 38.6 Å². The highest BCUT2D eigenvalue weighted by atomic mass is 16.5. The van der Waals surface area contributed by atoms with Crippen molar-refractivity contribution in [3.63, 3.8) is 0 Å². The number of aliphatic hydroxyl groups is 6. The lowest BCUT2D eigenvalue weighted by atomic mass is 9.78. The number of Topliss-reactive ketones (excluding diaryl/α,β-unsaturated/α-hetero) is 2. The van der Waals surface area contributed by atoms with E-state index in [1.807, 2.05) is 53.7 Å². The smallest absolute Gasteiger partial charge is 0.190 e. The van der Waals surface area contributed by atoms with Gasteiger partial charge in [0.2, 0.25) is 0 Å². The van der Waals surface area contributed by atoms with Gasteiger partial charge < -0.3 is 90.5 Å². The lowest BCUT2D eigenvalue weighted by Gasteiger charge is -2.44. The number of aromatic hydroxyl groups is 2. The Bertz CT molecular complexity index is 5440. The number of anilines is 4. The number of hydrogen-bond acceptors (Lipinski definition) is 24. The molecule has 2 heterocycles. The molecule has 10 aromatic carbocycles. The van der Waals surface area contributed by atoms with Crippen molar-refractivity contribution in [2.45, 2.75) is 130 Å². The van der Waals surface area contributed by atoms with E-state index in [0.717, 1.165) is 0 Å². The fraction of sp³-hybridized carbons (Fsp3) is 0.410. The molecule has 12 N–H and O–H groups in total. The Morgan fingerprint density at radius 2 is 0.735 bits per heavy atom. The Balaban J connectivity index is 0.000000182. The van der Waals surface area contributed by atoms with E-state index >= 15 is 0 Å². The van der Waals surface area contributed by atoms with Crippen molar-refractivity contribution in [2.75, 3.05) is 102 Å². The van der Waals surface area contributed by atoms with Crippen molar-refractivity contribution in [1.82, 2.24) is 0 Å². The molecular formula is C78H84N4O20. The summed E-state index contributed by atoms with van der Waals surface area (Å²) in [5, 5.41) is 105. The molecule has 4 unspecified atom stereocenters. The minimum atomic E-state index is -0.886. The van der Waals surface area contributed by atoms with Crippen LogP contribution in [-0.4, -0.2) is 156 Å². The van der Waals surface area contributed by atoms with Gasteiger partial charge in [-0.3, -0.25) is 28.8 Å². The zero-order chi connectivity index (χ0) is 73.0. The topological polar surface area (TPSA) is 368 Å². The second kappa shape index (κ2) is 27.2. The molecule has 102 heavy (non-hydrogen) atoms. The van der Waals surface area contributed by atoms with Gasteiger partial charge in [-0.25, -0.2) is 0 Å². The van der Waals surface area contributed by atoms with Gasteiger partial charge in [0.05, 0.1) is 173 Å². The van der Waals surface area contributed by atoms with Crippen LogP contribution in [0.5, 0.6) is 23.0 Å². The number of ether oxygens (including phenoxy) is 6. The van der Waals surface area contributed by atoms with Gasteiger partial charge in [0.15, 0.2) is 44.7 Å². The summed E-state index contributed by atoms with van der Waals surface area (Å²) in [7, 11) is 2.75. The molecule has 0 amide bonds. The van der Waals surface area contributed by atoms with E-state index in [-0.39, 0.29) is 94.3 Å². The van der Waals surface area contributed by atoms with Gasteiger partial charge in [-0.05, 0) is 147 Å². The first kappa shape index (κ1) is 71.2. The summed E-state index contributed by atoms with van der Waals surface area (Å²) in [6, 6.07) is 4.90. The number of fused-ring (bicyclic) bond motifs is 8. The molecule has 0 aromatic heterocycles. The van der Waals surface area contributed by atoms with Crippen LogP contribution in [0.2, 0.25) is 0 Å². The summed E-state index contributed by atoms with van der Waals surface area (Å²) in [6.07, 6.45) is 4.98. The van der Waals surface area contributed by atoms with Gasteiger partial charge in [-0.15, -0.1) is 0 Å². The van der Waals surface area contributed by atoms with Crippen LogP contribution in [0, 0.1) is 0 Å². The van der Waals surface area contributed by atoms with Crippen LogP contribution in [0.1, 0.15) is 125 Å². The number of methoxy groups -OCH3 is 2. The largest absolute Gasteiger partial charge is 0.504 e. The normalized spacial score (nSPS) is 17.9. The molecule has 24 nitrogen and oxygen atoms in total. The molecule has 0 fully saturated rings. The SMILES string of the molecule is COc1c(O)c2c(=O)cc(CO)c3c4c(CO)cc(=O)c5c6c(c7c(c(c1C(C(C)=O)C(C)=C7)c23)c54)NC(C)(C)C(CCOCCOCCO)N6.COc1c(O)c2c(=O)cc(CO)c3c4c(CO)cc(=O)c5c6c(c7c(c(c1C(C(C)=O)C(C)=C7)c23)c54)NC(CCOCCOCCO)C(C)(C)N6. The van der Waals surface area contributed by atoms with Crippen LogP contribution >= 0.6 is 0 Å². The Morgan fingerprint density at radius 1 is 0.412 bits per heavy atom. The van der Waals surface area contributed by atoms with Crippen molar-refractivity contribution in [3.05, 3.63) is 121 Å². The van der Waals surface area contributed by atoms with E-state index in [9.17, 15) is 59.4 Å². The first-order valence-corrected chi connectivity index (χ1v) is 34.2. The van der Waals surface area contributed by atoms with Crippen molar-refractivity contribution in [1.29, 1.82) is 0 Å². The van der Waals surface area contributed by atoms with Gasteiger partial charge in [0.1, 0.15) is 11.6 Å². The minimum Gasteiger partial charge on any atom is -0.504 e. The van der Waals surface area contributed by atoms with E-state index in [2.05, 4.69) is 21.3 Å². The first-order valence-electron chi connectivity index (χ1n) is 34.2. The molecule has 0 spiro atoms. The molecule has 0 bridgehead atoms. The molecular weight excluding hydrogens is 1310 g/mol. The van der Waals surface area contributed by atoms with Crippen molar-refractivity contribution in [3.8, 4) is 23.0 Å². The van der Waals surface area contributed by atoms with Crippen LogP contribution in [0.4, 0.5) is 22.7 Å². The first-order chi connectivity index (χ1) is 48.8. The Hall–Kier alpha value is -9.18. The van der Waals surface area contributed by atoms with E-state index in [1.165, 1.54) is 52.3 Å². The molecule has 14 rings (SSSR count). The van der Waals surface area contributed by atoms with Gasteiger partial charge in [-0.1, -0.05) is 23.3 Å². The van der Waals surface area contributed by atoms with Crippen LogP contribution in [0.15, 0.2) is 54.6 Å². The van der Waals surface area contributed by atoms with Crippen molar-refractivity contribution < 1.29 is 78.9 Å². The molecule has 0 saturated carbocycles. The number of benzene rings is 10. The van der Waals surface area contributed by atoms with Gasteiger partial charge in [-0.2, -0.15) is 0 Å². The molecule has 10 aromatic rings. The van der Waals surface area contributed by atoms with Gasteiger partial charge in [0, 0.05) is 67.8 Å². The maximum absolute atomic E-state index is 14.3. The van der Waals surface area contributed by atoms with Crippen LogP contribution in [-0.2, 0) is 55.0 Å². The highest BCUT2D eigenvalue weighted by Gasteiger charge is 2.44. The Kier molecular flexibility index (Phi) is 19.0. The summed E-state index contributed by atoms with van der Waals surface area (Å²) < 4.78 is 33.9. The molecule has 0 radical (unpaired) electrons. The fourth-order valence-corrected chi connectivity index (χ4v) is 17.0. The van der Waals surface area contributed by atoms with Gasteiger partial charge in [0.25, 0.3) is 0 Å². The number of hydrogen-bond donors (Lipinski definition) is 12. The zero-order valence-electron chi connectivity index (χ0n) is 58.6. The van der Waals surface area contributed by atoms with E-state index < -0.39 is 71.7 Å². The molecule has 4 aliphatic rings. The molecule has 536 valence electrons. The lowest BCUT2D eigenvalue weighted by molar-refractivity contribution is -0.118.